The fourth-order valence-corrected chi connectivity index (χ4v) is 1.78. The van der Waals surface area contributed by atoms with Gasteiger partial charge in [-0.1, -0.05) is 0 Å². The van der Waals surface area contributed by atoms with Crippen LogP contribution in [0.3, 0.4) is 0 Å². The van der Waals surface area contributed by atoms with Crippen LogP contribution in [-0.4, -0.2) is 18.4 Å². The second-order valence-corrected chi connectivity index (χ2v) is 3.35. The van der Waals surface area contributed by atoms with Gasteiger partial charge in [-0.25, -0.2) is 5.84 Å². The molecule has 1 aromatic heterocycles. The van der Waals surface area contributed by atoms with E-state index in [2.05, 4.69) is 5.32 Å². The lowest BCUT2D eigenvalue weighted by Crippen LogP contribution is -2.40. The molecule has 1 fully saturated rings. The number of hydrogen-bond donors (Lipinski definition) is 3. The van der Waals surface area contributed by atoms with Crippen molar-refractivity contribution in [2.45, 2.75) is 5.92 Å². The zero-order chi connectivity index (χ0) is 10.8. The van der Waals surface area contributed by atoms with Gasteiger partial charge in [-0.15, -0.1) is 0 Å². The maximum Gasteiger partial charge on any atom is 0.247 e. The molecule has 6 heteroatoms. The summed E-state index contributed by atoms with van der Waals surface area (Å²) in [6, 6.07) is 3.46. The second kappa shape index (κ2) is 3.74. The van der Waals surface area contributed by atoms with Crippen molar-refractivity contribution in [2.24, 2.45) is 11.8 Å². The Labute approximate surface area is 85.8 Å². The van der Waals surface area contributed by atoms with Crippen molar-refractivity contribution in [1.29, 1.82) is 0 Å². The molecule has 2 atom stereocenters. The Kier molecular flexibility index (Phi) is 2.42. The first-order valence-electron chi connectivity index (χ1n) is 4.55. The zero-order valence-corrected chi connectivity index (χ0v) is 7.90. The number of nitrogens with one attached hydrogen (secondary N) is 2. The number of furan rings is 1. The number of nitrogens with two attached hydrogens (primary N) is 1. The number of carbonyl (C=O) groups excluding carboxylic acids is 2. The summed E-state index contributed by atoms with van der Waals surface area (Å²) in [5, 5.41) is 2.61. The van der Waals surface area contributed by atoms with E-state index in [0.29, 0.717) is 12.3 Å². The Morgan fingerprint density at radius 2 is 2.47 bits per heavy atom. The van der Waals surface area contributed by atoms with Crippen LogP contribution in [0.1, 0.15) is 11.7 Å². The highest BCUT2D eigenvalue weighted by molar-refractivity contribution is 6.02. The van der Waals surface area contributed by atoms with E-state index in [4.69, 9.17) is 10.3 Å². The van der Waals surface area contributed by atoms with Crippen molar-refractivity contribution in [3.63, 3.8) is 0 Å². The Hall–Kier alpha value is -1.82. The smallest absolute Gasteiger partial charge is 0.247 e. The van der Waals surface area contributed by atoms with Crippen molar-refractivity contribution in [1.82, 2.24) is 10.7 Å². The molecule has 2 rings (SSSR count). The summed E-state index contributed by atoms with van der Waals surface area (Å²) in [7, 11) is 0. The molecule has 1 aliphatic rings. The van der Waals surface area contributed by atoms with Crippen LogP contribution in [0.25, 0.3) is 0 Å². The van der Waals surface area contributed by atoms with Gasteiger partial charge in [-0.2, -0.15) is 0 Å². The Bertz CT molecular complexity index is 374. The van der Waals surface area contributed by atoms with Gasteiger partial charge in [0.25, 0.3) is 0 Å². The minimum atomic E-state index is -0.804. The third-order valence-electron chi connectivity index (χ3n) is 2.51. The highest BCUT2D eigenvalue weighted by atomic mass is 16.3. The molecule has 80 valence electrons. The molecule has 2 unspecified atom stereocenters. The average Bonchev–Trinajstić information content (AvgIpc) is 2.85. The molecule has 0 aliphatic carbocycles. The summed E-state index contributed by atoms with van der Waals surface area (Å²) in [5.74, 6) is 3.73. The van der Waals surface area contributed by atoms with Gasteiger partial charge < -0.3 is 9.73 Å². The zero-order valence-electron chi connectivity index (χ0n) is 7.90. The number of hydrazine groups is 1. The van der Waals surface area contributed by atoms with E-state index in [1.54, 1.807) is 12.1 Å². The van der Waals surface area contributed by atoms with Crippen LogP contribution in [0.2, 0.25) is 0 Å². The first-order chi connectivity index (χ1) is 7.24. The maximum absolute atomic E-state index is 11.4. The van der Waals surface area contributed by atoms with Crippen molar-refractivity contribution in [3.8, 4) is 0 Å². The van der Waals surface area contributed by atoms with Gasteiger partial charge in [0.15, 0.2) is 0 Å². The summed E-state index contributed by atoms with van der Waals surface area (Å²) in [4.78, 5) is 22.8. The van der Waals surface area contributed by atoms with Gasteiger partial charge in [0.2, 0.25) is 11.8 Å². The first kappa shape index (κ1) is 9.72. The van der Waals surface area contributed by atoms with Gasteiger partial charge in [0.05, 0.1) is 12.2 Å². The average molecular weight is 209 g/mol. The summed E-state index contributed by atoms with van der Waals surface area (Å²) in [6.07, 6.45) is 1.51. The SMILES string of the molecule is NNC(=O)C1C(=O)NCC1c1ccco1. The van der Waals surface area contributed by atoms with Gasteiger partial charge in [-0.3, -0.25) is 15.0 Å². The van der Waals surface area contributed by atoms with E-state index in [1.165, 1.54) is 6.26 Å². The van der Waals surface area contributed by atoms with Crippen molar-refractivity contribution in [3.05, 3.63) is 24.2 Å². The topological polar surface area (TPSA) is 97.4 Å². The standard InChI is InChI=1S/C9H11N3O3/c10-12-9(14)7-5(4-11-8(7)13)6-2-1-3-15-6/h1-3,5,7H,4,10H2,(H,11,13)(H,12,14). The molecule has 6 nitrogen and oxygen atoms in total. The van der Waals surface area contributed by atoms with Crippen LogP contribution in [0, 0.1) is 5.92 Å². The fraction of sp³-hybridized carbons (Fsp3) is 0.333. The summed E-state index contributed by atoms with van der Waals surface area (Å²) in [5.41, 5.74) is 1.99. The number of carbonyl (C=O) groups is 2. The van der Waals surface area contributed by atoms with E-state index in [1.807, 2.05) is 5.43 Å². The predicted octanol–water partition coefficient (Wildman–Crippen LogP) is -0.901. The van der Waals surface area contributed by atoms with Gasteiger partial charge in [-0.05, 0) is 12.1 Å². The molecule has 0 spiro atoms. The highest BCUT2D eigenvalue weighted by Gasteiger charge is 2.42. The molecule has 1 aromatic rings. The molecule has 2 heterocycles. The molecule has 15 heavy (non-hydrogen) atoms. The van der Waals surface area contributed by atoms with Gasteiger partial charge in [0, 0.05) is 6.54 Å². The third kappa shape index (κ3) is 1.59. The third-order valence-corrected chi connectivity index (χ3v) is 2.51. The van der Waals surface area contributed by atoms with E-state index in [-0.39, 0.29) is 11.8 Å². The Morgan fingerprint density at radius 3 is 3.07 bits per heavy atom. The quantitative estimate of drug-likeness (QED) is 0.254. The largest absolute Gasteiger partial charge is 0.469 e. The summed E-state index contributed by atoms with van der Waals surface area (Å²) >= 11 is 0. The minimum Gasteiger partial charge on any atom is -0.469 e. The van der Waals surface area contributed by atoms with Crippen LogP contribution in [0.15, 0.2) is 22.8 Å². The highest BCUT2D eigenvalue weighted by Crippen LogP contribution is 2.29. The molecule has 4 N–H and O–H groups in total. The lowest BCUT2D eigenvalue weighted by atomic mass is 9.92. The minimum absolute atomic E-state index is 0.281. The lowest BCUT2D eigenvalue weighted by molar-refractivity contribution is -0.133. The summed E-state index contributed by atoms with van der Waals surface area (Å²) in [6.45, 7) is 0.393. The van der Waals surface area contributed by atoms with E-state index in [0.717, 1.165) is 0 Å². The van der Waals surface area contributed by atoms with Gasteiger partial charge in [0.1, 0.15) is 11.7 Å². The molecule has 1 saturated heterocycles. The van der Waals surface area contributed by atoms with Crippen molar-refractivity contribution >= 4 is 11.8 Å². The Balaban J connectivity index is 2.25. The molecule has 1 aliphatic heterocycles. The van der Waals surface area contributed by atoms with Crippen LogP contribution in [-0.2, 0) is 9.59 Å². The van der Waals surface area contributed by atoms with Crippen molar-refractivity contribution in [2.75, 3.05) is 6.54 Å². The van der Waals surface area contributed by atoms with Crippen molar-refractivity contribution < 1.29 is 14.0 Å². The van der Waals surface area contributed by atoms with Crippen LogP contribution in [0.4, 0.5) is 0 Å². The van der Waals surface area contributed by atoms with E-state index >= 15 is 0 Å². The number of hydrogen-bond acceptors (Lipinski definition) is 4. The second-order valence-electron chi connectivity index (χ2n) is 3.35. The lowest BCUT2D eigenvalue weighted by Gasteiger charge is -2.12. The molecule has 0 saturated carbocycles. The molecule has 0 aromatic carbocycles. The van der Waals surface area contributed by atoms with Crippen LogP contribution in [0.5, 0.6) is 0 Å². The first-order valence-corrected chi connectivity index (χ1v) is 4.55. The van der Waals surface area contributed by atoms with Gasteiger partial charge >= 0.3 is 0 Å². The molecule has 0 bridgehead atoms. The van der Waals surface area contributed by atoms with E-state index in [9.17, 15) is 9.59 Å². The molecular weight excluding hydrogens is 198 g/mol. The fourth-order valence-electron chi connectivity index (χ4n) is 1.78. The Morgan fingerprint density at radius 1 is 1.67 bits per heavy atom. The van der Waals surface area contributed by atoms with Crippen LogP contribution >= 0.6 is 0 Å². The van der Waals surface area contributed by atoms with E-state index < -0.39 is 11.8 Å². The molecule has 2 amide bonds. The van der Waals surface area contributed by atoms with Crippen LogP contribution < -0.4 is 16.6 Å². The number of rotatable bonds is 2. The normalized spacial score (nSPS) is 25.0. The molecule has 0 radical (unpaired) electrons. The number of amides is 2. The predicted molar refractivity (Wildman–Crippen MR) is 50.3 cm³/mol. The maximum atomic E-state index is 11.4. The molecular formula is C9H11N3O3. The summed E-state index contributed by atoms with van der Waals surface area (Å²) < 4.78 is 5.18. The monoisotopic (exact) mass is 209 g/mol.